The van der Waals surface area contributed by atoms with Crippen molar-refractivity contribution in [2.45, 2.75) is 52.1 Å². The second-order valence-electron chi connectivity index (χ2n) is 8.50. The number of furan rings is 2. The highest BCUT2D eigenvalue weighted by Crippen LogP contribution is 2.35. The minimum atomic E-state index is -0.226. The maximum absolute atomic E-state index is 13.5. The number of unbranched alkanes of at least 4 members (excludes halogenated alkanes) is 1. The number of benzene rings is 1. The molecule has 6 nitrogen and oxygen atoms in total. The number of nitrogens with zero attached hydrogens (tertiary/aromatic N) is 2. The number of carbonyl (C=O) groups excluding carboxylic acids is 1. The van der Waals surface area contributed by atoms with Crippen molar-refractivity contribution in [2.24, 2.45) is 0 Å². The van der Waals surface area contributed by atoms with Crippen LogP contribution in [0.5, 0.6) is 5.75 Å². The van der Waals surface area contributed by atoms with Crippen molar-refractivity contribution in [1.82, 2.24) is 4.90 Å². The third-order valence-corrected chi connectivity index (χ3v) is 6.43. The van der Waals surface area contributed by atoms with Gasteiger partial charge < -0.3 is 23.4 Å². The first-order valence-corrected chi connectivity index (χ1v) is 12.6. The molecule has 1 aliphatic rings. The third-order valence-electron chi connectivity index (χ3n) is 5.87. The molecule has 8 heteroatoms. The predicted octanol–water partition coefficient (Wildman–Crippen LogP) is 7.19. The molecule has 3 aromatic rings. The summed E-state index contributed by atoms with van der Waals surface area (Å²) in [4.78, 5) is 17.5. The zero-order valence-corrected chi connectivity index (χ0v) is 20.9. The van der Waals surface area contributed by atoms with Crippen LogP contribution in [0.1, 0.15) is 60.9 Å². The Hall–Kier alpha value is -2.57. The van der Waals surface area contributed by atoms with Gasteiger partial charge >= 0.3 is 0 Å². The Labute approximate surface area is 210 Å². The first kappa shape index (κ1) is 24.6. The van der Waals surface area contributed by atoms with Gasteiger partial charge in [-0.2, -0.15) is 0 Å². The number of carbonyl (C=O) groups is 1. The average molecular weight is 505 g/mol. The van der Waals surface area contributed by atoms with E-state index in [1.54, 1.807) is 29.4 Å². The van der Waals surface area contributed by atoms with Crippen LogP contribution < -0.4 is 9.64 Å². The SMILES string of the molecule is CCCCOc1c(Cl)cc(C(=O)N(Cc2ccco2)Cc2ccc(N3CCCCC3)o2)cc1Cl. The number of rotatable bonds is 10. The molecule has 1 aliphatic heterocycles. The third kappa shape index (κ3) is 6.10. The van der Waals surface area contributed by atoms with E-state index in [0.717, 1.165) is 31.8 Å². The molecule has 0 N–H and O–H groups in total. The van der Waals surface area contributed by atoms with Gasteiger partial charge in [-0.3, -0.25) is 4.79 Å². The van der Waals surface area contributed by atoms with Gasteiger partial charge in [0, 0.05) is 24.7 Å². The summed E-state index contributed by atoms with van der Waals surface area (Å²) in [6.45, 7) is 5.16. The Kier molecular flexibility index (Phi) is 8.46. The summed E-state index contributed by atoms with van der Waals surface area (Å²) >= 11 is 12.9. The number of amides is 1. The summed E-state index contributed by atoms with van der Waals surface area (Å²) < 4.78 is 17.3. The van der Waals surface area contributed by atoms with Crippen molar-refractivity contribution in [3.63, 3.8) is 0 Å². The van der Waals surface area contributed by atoms with Crippen LogP contribution in [0.15, 0.2) is 51.5 Å². The van der Waals surface area contributed by atoms with E-state index in [9.17, 15) is 4.79 Å². The monoisotopic (exact) mass is 504 g/mol. The van der Waals surface area contributed by atoms with E-state index in [2.05, 4.69) is 11.8 Å². The van der Waals surface area contributed by atoms with Crippen LogP contribution in [-0.2, 0) is 13.1 Å². The second-order valence-corrected chi connectivity index (χ2v) is 9.31. The van der Waals surface area contributed by atoms with Crippen LogP contribution in [-0.4, -0.2) is 30.5 Å². The molecule has 1 saturated heterocycles. The lowest BCUT2D eigenvalue weighted by Gasteiger charge is -2.26. The Morgan fingerprint density at radius 1 is 1.06 bits per heavy atom. The number of hydrogen-bond donors (Lipinski definition) is 0. The van der Waals surface area contributed by atoms with Crippen LogP contribution in [0, 0.1) is 0 Å². The summed E-state index contributed by atoms with van der Waals surface area (Å²) in [6, 6.07) is 10.8. The van der Waals surface area contributed by atoms with Gasteiger partial charge in [0.05, 0.1) is 36.0 Å². The van der Waals surface area contributed by atoms with Crippen LogP contribution in [0.3, 0.4) is 0 Å². The van der Waals surface area contributed by atoms with Crippen molar-refractivity contribution < 1.29 is 18.4 Å². The highest BCUT2D eigenvalue weighted by molar-refractivity contribution is 6.37. The molecule has 0 radical (unpaired) electrons. The molecule has 1 fully saturated rings. The van der Waals surface area contributed by atoms with Gasteiger partial charge in [-0.15, -0.1) is 0 Å². The Morgan fingerprint density at radius 2 is 1.79 bits per heavy atom. The number of halogens is 2. The van der Waals surface area contributed by atoms with E-state index in [0.29, 0.717) is 39.5 Å². The average Bonchev–Trinajstić information content (AvgIpc) is 3.53. The molecule has 34 heavy (non-hydrogen) atoms. The Bertz CT molecular complexity index is 1050. The molecule has 182 valence electrons. The minimum absolute atomic E-state index is 0.226. The molecule has 3 heterocycles. The molecule has 0 bridgehead atoms. The van der Waals surface area contributed by atoms with Gasteiger partial charge in [0.25, 0.3) is 5.91 Å². The number of hydrogen-bond acceptors (Lipinski definition) is 5. The minimum Gasteiger partial charge on any atom is -0.490 e. The number of anilines is 1. The summed E-state index contributed by atoms with van der Waals surface area (Å²) in [5, 5.41) is 0.630. The van der Waals surface area contributed by atoms with E-state index in [1.165, 1.54) is 19.3 Å². The Morgan fingerprint density at radius 3 is 2.47 bits per heavy atom. The molecule has 2 aromatic heterocycles. The zero-order valence-electron chi connectivity index (χ0n) is 19.4. The van der Waals surface area contributed by atoms with Gasteiger partial charge in [0.1, 0.15) is 11.5 Å². The van der Waals surface area contributed by atoms with Crippen molar-refractivity contribution in [2.75, 3.05) is 24.6 Å². The van der Waals surface area contributed by atoms with E-state index in [4.69, 9.17) is 36.8 Å². The van der Waals surface area contributed by atoms with Gasteiger partial charge in [0.2, 0.25) is 0 Å². The molecular weight excluding hydrogens is 475 g/mol. The molecule has 0 saturated carbocycles. The van der Waals surface area contributed by atoms with Crippen LogP contribution in [0.4, 0.5) is 5.88 Å². The van der Waals surface area contributed by atoms with Gasteiger partial charge in [-0.1, -0.05) is 36.5 Å². The molecule has 1 aromatic carbocycles. The molecule has 0 atom stereocenters. The molecular formula is C26H30Cl2N2O4. The predicted molar refractivity (Wildman–Crippen MR) is 134 cm³/mol. The van der Waals surface area contributed by atoms with Gasteiger partial charge in [-0.25, -0.2) is 0 Å². The maximum atomic E-state index is 13.5. The second kappa shape index (κ2) is 11.7. The summed E-state index contributed by atoms with van der Waals surface area (Å²) in [5.74, 6) is 2.41. The fourth-order valence-electron chi connectivity index (χ4n) is 4.04. The fourth-order valence-corrected chi connectivity index (χ4v) is 4.63. The molecule has 0 aliphatic carbocycles. The van der Waals surface area contributed by atoms with E-state index < -0.39 is 0 Å². The lowest BCUT2D eigenvalue weighted by molar-refractivity contribution is 0.0705. The largest absolute Gasteiger partial charge is 0.490 e. The molecule has 0 unspecified atom stereocenters. The normalized spacial score (nSPS) is 13.8. The Balaban J connectivity index is 1.54. The standard InChI is InChI=1S/C26H30Cl2N2O4/c1-2-3-13-33-25-22(27)15-19(16-23(25)28)26(31)30(17-20-8-7-14-32-20)18-21-9-10-24(34-21)29-11-5-4-6-12-29/h7-10,14-16H,2-6,11-13,17-18H2,1H3. The molecule has 1 amide bonds. The quantitative estimate of drug-likeness (QED) is 0.273. The van der Waals surface area contributed by atoms with E-state index in [-0.39, 0.29) is 19.0 Å². The van der Waals surface area contributed by atoms with Gasteiger partial charge in [0.15, 0.2) is 11.6 Å². The molecule has 0 spiro atoms. The first-order chi connectivity index (χ1) is 16.5. The van der Waals surface area contributed by atoms with Gasteiger partial charge in [-0.05, 0) is 56.0 Å². The van der Waals surface area contributed by atoms with Crippen molar-refractivity contribution in [3.8, 4) is 5.75 Å². The summed E-state index contributed by atoms with van der Waals surface area (Å²) in [5.41, 5.74) is 0.382. The highest BCUT2D eigenvalue weighted by atomic mass is 35.5. The first-order valence-electron chi connectivity index (χ1n) is 11.8. The summed E-state index contributed by atoms with van der Waals surface area (Å²) in [6.07, 6.45) is 7.07. The van der Waals surface area contributed by atoms with Crippen LogP contribution in [0.2, 0.25) is 10.0 Å². The van der Waals surface area contributed by atoms with E-state index in [1.807, 2.05) is 18.2 Å². The lowest BCUT2D eigenvalue weighted by Crippen LogP contribution is -2.30. The van der Waals surface area contributed by atoms with Crippen molar-refractivity contribution in [1.29, 1.82) is 0 Å². The van der Waals surface area contributed by atoms with Crippen molar-refractivity contribution in [3.05, 3.63) is 69.8 Å². The number of ether oxygens (including phenoxy) is 1. The molecule has 4 rings (SSSR count). The van der Waals surface area contributed by atoms with Crippen LogP contribution >= 0.6 is 23.2 Å². The fraction of sp³-hybridized carbons (Fsp3) is 0.423. The van der Waals surface area contributed by atoms with Crippen LogP contribution in [0.25, 0.3) is 0 Å². The van der Waals surface area contributed by atoms with E-state index >= 15 is 0 Å². The topological polar surface area (TPSA) is 59.1 Å². The highest BCUT2D eigenvalue weighted by Gasteiger charge is 2.23. The lowest BCUT2D eigenvalue weighted by atomic mass is 10.1. The maximum Gasteiger partial charge on any atom is 0.254 e. The van der Waals surface area contributed by atoms with Crippen molar-refractivity contribution >= 4 is 35.0 Å². The number of piperidine rings is 1. The zero-order chi connectivity index (χ0) is 23.9. The smallest absolute Gasteiger partial charge is 0.254 e. The summed E-state index contributed by atoms with van der Waals surface area (Å²) in [7, 11) is 0.